The molecule has 1 N–H and O–H groups in total. The van der Waals surface area contributed by atoms with Crippen LogP contribution >= 0.6 is 0 Å². The van der Waals surface area contributed by atoms with Crippen molar-refractivity contribution < 1.29 is 13.9 Å². The van der Waals surface area contributed by atoms with Gasteiger partial charge >= 0.3 is 5.63 Å². The Morgan fingerprint density at radius 2 is 1.85 bits per heavy atom. The van der Waals surface area contributed by atoms with E-state index in [9.17, 15) is 9.59 Å². The van der Waals surface area contributed by atoms with Gasteiger partial charge in [-0.15, -0.1) is 0 Å². The fourth-order valence-corrected chi connectivity index (χ4v) is 2.87. The third kappa shape index (κ3) is 4.37. The molecule has 5 heteroatoms. The van der Waals surface area contributed by atoms with Crippen molar-refractivity contribution in [3.05, 3.63) is 70.6 Å². The Hall–Kier alpha value is -3.08. The molecule has 0 saturated carbocycles. The molecule has 2 atom stereocenters. The molecule has 0 aliphatic rings. The van der Waals surface area contributed by atoms with E-state index in [-0.39, 0.29) is 5.91 Å². The molecule has 1 amide bonds. The molecule has 0 unspecified atom stereocenters. The number of carbonyl (C=O) groups is 1. The first-order valence-electron chi connectivity index (χ1n) is 9.08. The van der Waals surface area contributed by atoms with Crippen molar-refractivity contribution in [3.8, 4) is 5.75 Å². The molecule has 3 rings (SSSR count). The molecule has 27 heavy (non-hydrogen) atoms. The first kappa shape index (κ1) is 18.7. The van der Waals surface area contributed by atoms with Crippen LogP contribution in [0.5, 0.6) is 5.75 Å². The van der Waals surface area contributed by atoms with Crippen LogP contribution in [-0.4, -0.2) is 12.0 Å². The number of ether oxygens (including phenoxy) is 1. The van der Waals surface area contributed by atoms with Crippen molar-refractivity contribution in [2.24, 2.45) is 0 Å². The smallest absolute Gasteiger partial charge is 0.336 e. The molecule has 140 valence electrons. The fourth-order valence-electron chi connectivity index (χ4n) is 2.87. The molecule has 1 aromatic heterocycles. The van der Waals surface area contributed by atoms with E-state index in [0.29, 0.717) is 17.3 Å². The average molecular weight is 365 g/mol. The Labute approximate surface area is 158 Å². The molecule has 2 aromatic carbocycles. The third-order valence-corrected chi connectivity index (χ3v) is 4.64. The number of nitrogens with one attached hydrogen (secondary N) is 1. The van der Waals surface area contributed by atoms with Crippen LogP contribution in [0.15, 0.2) is 63.8 Å². The Kier molecular flexibility index (Phi) is 5.60. The fraction of sp³-hybridized carbons (Fsp3) is 0.273. The maximum Gasteiger partial charge on any atom is 0.336 e. The van der Waals surface area contributed by atoms with Crippen LogP contribution in [0, 0.1) is 0 Å². The minimum absolute atomic E-state index is 0.236. The minimum Gasteiger partial charge on any atom is -0.481 e. The number of anilines is 1. The highest BCUT2D eigenvalue weighted by molar-refractivity contribution is 5.95. The summed E-state index contributed by atoms with van der Waals surface area (Å²) in [4.78, 5) is 24.0. The molecule has 0 fully saturated rings. The predicted octanol–water partition coefficient (Wildman–Crippen LogP) is 4.71. The average Bonchev–Trinajstić information content (AvgIpc) is 2.67. The van der Waals surface area contributed by atoms with Crippen molar-refractivity contribution in [1.82, 2.24) is 0 Å². The van der Waals surface area contributed by atoms with Gasteiger partial charge in [-0.3, -0.25) is 4.79 Å². The van der Waals surface area contributed by atoms with Crippen LogP contribution in [0.25, 0.3) is 11.0 Å². The van der Waals surface area contributed by atoms with Crippen molar-refractivity contribution in [2.45, 2.75) is 39.2 Å². The van der Waals surface area contributed by atoms with E-state index in [2.05, 4.69) is 19.2 Å². The quantitative estimate of drug-likeness (QED) is 0.642. The highest BCUT2D eigenvalue weighted by atomic mass is 16.5. The predicted molar refractivity (Wildman–Crippen MR) is 106 cm³/mol. The molecule has 5 nitrogen and oxygen atoms in total. The van der Waals surface area contributed by atoms with Crippen LogP contribution in [-0.2, 0) is 4.79 Å². The number of para-hydroxylation sites is 1. The molecule has 3 aromatic rings. The molecule has 0 aliphatic heterocycles. The van der Waals surface area contributed by atoms with E-state index < -0.39 is 11.7 Å². The molecule has 0 spiro atoms. The maximum atomic E-state index is 12.6. The molecular weight excluding hydrogens is 342 g/mol. The van der Waals surface area contributed by atoms with E-state index in [1.807, 2.05) is 24.3 Å². The molecule has 0 radical (unpaired) electrons. The first-order valence-corrected chi connectivity index (χ1v) is 9.08. The van der Waals surface area contributed by atoms with Crippen LogP contribution < -0.4 is 15.7 Å². The van der Waals surface area contributed by atoms with Crippen molar-refractivity contribution in [2.75, 3.05) is 5.32 Å². The molecule has 0 saturated heterocycles. The second-order valence-electron chi connectivity index (χ2n) is 6.60. The Morgan fingerprint density at radius 3 is 2.63 bits per heavy atom. The van der Waals surface area contributed by atoms with E-state index in [1.165, 1.54) is 6.07 Å². The molecule has 0 aliphatic carbocycles. The Morgan fingerprint density at radius 1 is 1.11 bits per heavy atom. The zero-order valence-electron chi connectivity index (χ0n) is 15.7. The number of rotatable bonds is 6. The lowest BCUT2D eigenvalue weighted by Crippen LogP contribution is -2.30. The van der Waals surface area contributed by atoms with Crippen LogP contribution in [0.3, 0.4) is 0 Å². The molecule has 1 heterocycles. The Bertz CT molecular complexity index is 1010. The normalized spacial score (nSPS) is 13.1. The van der Waals surface area contributed by atoms with Gasteiger partial charge in [0, 0.05) is 23.2 Å². The number of amides is 1. The SMILES string of the molecule is CC[C@H](C)c1ccccc1NC(=O)[C@H](C)Oc1ccc2ccc(=O)oc2c1. The zero-order valence-corrected chi connectivity index (χ0v) is 15.7. The first-order chi connectivity index (χ1) is 13.0. The number of fused-ring (bicyclic) bond motifs is 1. The van der Waals surface area contributed by atoms with Gasteiger partial charge in [0.25, 0.3) is 5.91 Å². The topological polar surface area (TPSA) is 68.5 Å². The maximum absolute atomic E-state index is 12.6. The summed E-state index contributed by atoms with van der Waals surface area (Å²) in [6.07, 6.45) is 0.282. The van der Waals surface area contributed by atoms with Gasteiger partial charge in [0.2, 0.25) is 0 Å². The molecule has 0 bridgehead atoms. The number of carbonyl (C=O) groups excluding carboxylic acids is 1. The highest BCUT2D eigenvalue weighted by Gasteiger charge is 2.18. The second-order valence-corrected chi connectivity index (χ2v) is 6.60. The van der Waals surface area contributed by atoms with Gasteiger partial charge in [-0.05, 0) is 49.1 Å². The van der Waals surface area contributed by atoms with Crippen LogP contribution in [0.1, 0.15) is 38.7 Å². The highest BCUT2D eigenvalue weighted by Crippen LogP contribution is 2.27. The van der Waals surface area contributed by atoms with E-state index in [4.69, 9.17) is 9.15 Å². The van der Waals surface area contributed by atoms with E-state index >= 15 is 0 Å². The van der Waals surface area contributed by atoms with Gasteiger partial charge in [0.1, 0.15) is 11.3 Å². The lowest BCUT2D eigenvalue weighted by Gasteiger charge is -2.18. The summed E-state index contributed by atoms with van der Waals surface area (Å²) in [5.74, 6) is 0.580. The van der Waals surface area contributed by atoms with Gasteiger partial charge in [-0.2, -0.15) is 0 Å². The van der Waals surface area contributed by atoms with Gasteiger partial charge in [0.05, 0.1) is 0 Å². The summed E-state index contributed by atoms with van der Waals surface area (Å²) in [7, 11) is 0. The number of hydrogen-bond donors (Lipinski definition) is 1. The lowest BCUT2D eigenvalue weighted by molar-refractivity contribution is -0.122. The minimum atomic E-state index is -0.706. The second kappa shape index (κ2) is 8.08. The summed E-state index contributed by atoms with van der Waals surface area (Å²) in [6, 6.07) is 16.0. The number of benzene rings is 2. The lowest BCUT2D eigenvalue weighted by atomic mass is 9.97. The third-order valence-electron chi connectivity index (χ3n) is 4.64. The summed E-state index contributed by atoms with van der Waals surface area (Å²) >= 11 is 0. The summed E-state index contributed by atoms with van der Waals surface area (Å²) in [5.41, 5.74) is 1.91. The van der Waals surface area contributed by atoms with Gasteiger partial charge < -0.3 is 14.5 Å². The van der Waals surface area contributed by atoms with Crippen molar-refractivity contribution in [3.63, 3.8) is 0 Å². The summed E-state index contributed by atoms with van der Waals surface area (Å²) in [5, 5.41) is 3.75. The van der Waals surface area contributed by atoms with E-state index in [1.54, 1.807) is 31.2 Å². The van der Waals surface area contributed by atoms with Crippen LogP contribution in [0.4, 0.5) is 5.69 Å². The van der Waals surface area contributed by atoms with Gasteiger partial charge in [-0.1, -0.05) is 32.0 Å². The summed E-state index contributed by atoms with van der Waals surface area (Å²) in [6.45, 7) is 5.94. The van der Waals surface area contributed by atoms with Gasteiger partial charge in [-0.25, -0.2) is 4.79 Å². The van der Waals surface area contributed by atoms with Gasteiger partial charge in [0.15, 0.2) is 6.10 Å². The summed E-state index contributed by atoms with van der Waals surface area (Å²) < 4.78 is 10.9. The largest absolute Gasteiger partial charge is 0.481 e. The zero-order chi connectivity index (χ0) is 19.4. The van der Waals surface area contributed by atoms with Crippen LogP contribution in [0.2, 0.25) is 0 Å². The van der Waals surface area contributed by atoms with Crippen molar-refractivity contribution >= 4 is 22.6 Å². The standard InChI is InChI=1S/C22H23NO4/c1-4-14(2)18-7-5-6-8-19(18)23-22(25)15(3)26-17-11-9-16-10-12-21(24)27-20(16)13-17/h5-15H,4H2,1-3H3,(H,23,25)/t14-,15-/m0/s1. The van der Waals surface area contributed by atoms with Crippen molar-refractivity contribution in [1.29, 1.82) is 0 Å². The number of hydrogen-bond acceptors (Lipinski definition) is 4. The van der Waals surface area contributed by atoms with E-state index in [0.717, 1.165) is 23.1 Å². The Balaban J connectivity index is 1.74. The monoisotopic (exact) mass is 365 g/mol. The molecular formula is C22H23NO4.